The van der Waals surface area contributed by atoms with E-state index in [9.17, 15) is 9.59 Å². The van der Waals surface area contributed by atoms with Crippen molar-refractivity contribution in [3.8, 4) is 0 Å². The summed E-state index contributed by atoms with van der Waals surface area (Å²) in [5.74, 6) is 1.31. The maximum Gasteiger partial charge on any atom is 0.330 e. The summed E-state index contributed by atoms with van der Waals surface area (Å²) in [7, 11) is 0. The molecule has 1 saturated heterocycles. The van der Waals surface area contributed by atoms with Crippen LogP contribution in [0.2, 0.25) is 0 Å². The first kappa shape index (κ1) is 15.3. The number of hydrogen-bond acceptors (Lipinski definition) is 4. The van der Waals surface area contributed by atoms with Crippen molar-refractivity contribution in [1.29, 1.82) is 0 Å². The lowest BCUT2D eigenvalue weighted by molar-refractivity contribution is 0.0621. The molecule has 22 heavy (non-hydrogen) atoms. The smallest absolute Gasteiger partial charge is 0.330 e. The van der Waals surface area contributed by atoms with E-state index in [-0.39, 0.29) is 17.3 Å². The SMILES string of the molecule is CC(C)n1c(=O)[nH]c2c(c1=O)CC[C@H](CC1CCOCC1)N2. The van der Waals surface area contributed by atoms with Crippen LogP contribution in [0.1, 0.15) is 51.1 Å². The molecule has 1 aromatic rings. The van der Waals surface area contributed by atoms with Gasteiger partial charge in [0.1, 0.15) is 5.82 Å². The molecule has 2 aliphatic heterocycles. The second-order valence-electron chi connectivity index (χ2n) is 6.72. The second kappa shape index (κ2) is 6.28. The van der Waals surface area contributed by atoms with Gasteiger partial charge >= 0.3 is 5.69 Å². The number of anilines is 1. The van der Waals surface area contributed by atoms with Gasteiger partial charge in [-0.25, -0.2) is 4.79 Å². The fraction of sp³-hybridized carbons (Fsp3) is 0.750. The van der Waals surface area contributed by atoms with E-state index in [2.05, 4.69) is 10.3 Å². The van der Waals surface area contributed by atoms with Gasteiger partial charge in [-0.2, -0.15) is 0 Å². The Morgan fingerprint density at radius 1 is 1.23 bits per heavy atom. The second-order valence-corrected chi connectivity index (χ2v) is 6.72. The molecule has 122 valence electrons. The van der Waals surface area contributed by atoms with Crippen molar-refractivity contribution in [3.63, 3.8) is 0 Å². The monoisotopic (exact) mass is 307 g/mol. The van der Waals surface area contributed by atoms with E-state index in [0.29, 0.717) is 17.8 Å². The molecule has 0 aliphatic carbocycles. The lowest BCUT2D eigenvalue weighted by Gasteiger charge is -2.31. The van der Waals surface area contributed by atoms with E-state index in [1.54, 1.807) is 0 Å². The third kappa shape index (κ3) is 2.97. The highest BCUT2D eigenvalue weighted by molar-refractivity contribution is 5.45. The van der Waals surface area contributed by atoms with Crippen molar-refractivity contribution in [2.24, 2.45) is 5.92 Å². The van der Waals surface area contributed by atoms with Gasteiger partial charge in [0, 0.05) is 25.3 Å². The fourth-order valence-corrected chi connectivity index (χ4v) is 3.57. The highest BCUT2D eigenvalue weighted by Gasteiger charge is 2.26. The quantitative estimate of drug-likeness (QED) is 0.890. The molecule has 0 saturated carbocycles. The van der Waals surface area contributed by atoms with E-state index in [1.165, 1.54) is 4.57 Å². The van der Waals surface area contributed by atoms with Crippen LogP contribution < -0.4 is 16.6 Å². The molecule has 0 bridgehead atoms. The molecule has 0 unspecified atom stereocenters. The van der Waals surface area contributed by atoms with Crippen LogP contribution in [-0.2, 0) is 11.2 Å². The summed E-state index contributed by atoms with van der Waals surface area (Å²) < 4.78 is 6.71. The highest BCUT2D eigenvalue weighted by atomic mass is 16.5. The van der Waals surface area contributed by atoms with Gasteiger partial charge in [-0.15, -0.1) is 0 Å². The molecule has 2 aliphatic rings. The number of aromatic nitrogens is 2. The van der Waals surface area contributed by atoms with Crippen LogP contribution in [0.15, 0.2) is 9.59 Å². The van der Waals surface area contributed by atoms with Gasteiger partial charge in [0.15, 0.2) is 0 Å². The Hall–Kier alpha value is -1.56. The third-order valence-electron chi connectivity index (χ3n) is 4.80. The molecule has 3 heterocycles. The van der Waals surface area contributed by atoms with Crippen LogP contribution in [0.5, 0.6) is 0 Å². The zero-order chi connectivity index (χ0) is 15.7. The van der Waals surface area contributed by atoms with Crippen molar-refractivity contribution in [2.75, 3.05) is 18.5 Å². The lowest BCUT2D eigenvalue weighted by atomic mass is 9.88. The zero-order valence-electron chi connectivity index (χ0n) is 13.4. The predicted octanol–water partition coefficient (Wildman–Crippen LogP) is 1.66. The minimum atomic E-state index is -0.321. The van der Waals surface area contributed by atoms with E-state index in [0.717, 1.165) is 50.9 Å². The first-order chi connectivity index (χ1) is 10.6. The van der Waals surface area contributed by atoms with Crippen LogP contribution >= 0.6 is 0 Å². The van der Waals surface area contributed by atoms with E-state index in [4.69, 9.17) is 4.74 Å². The number of hydrogen-bond donors (Lipinski definition) is 2. The molecule has 0 spiro atoms. The fourth-order valence-electron chi connectivity index (χ4n) is 3.57. The Labute approximate surface area is 129 Å². The Kier molecular flexibility index (Phi) is 4.38. The maximum atomic E-state index is 12.5. The molecule has 0 radical (unpaired) electrons. The number of rotatable bonds is 3. The molecule has 0 amide bonds. The molecular weight excluding hydrogens is 282 g/mol. The van der Waals surface area contributed by atoms with Crippen molar-refractivity contribution in [1.82, 2.24) is 9.55 Å². The van der Waals surface area contributed by atoms with Gasteiger partial charge < -0.3 is 10.1 Å². The highest BCUT2D eigenvalue weighted by Crippen LogP contribution is 2.27. The average molecular weight is 307 g/mol. The summed E-state index contributed by atoms with van der Waals surface area (Å²) in [5, 5.41) is 3.38. The Bertz CT molecular complexity index is 641. The van der Waals surface area contributed by atoms with Gasteiger partial charge in [0.05, 0.1) is 5.56 Å². The van der Waals surface area contributed by atoms with Crippen LogP contribution in [0, 0.1) is 5.92 Å². The van der Waals surface area contributed by atoms with Crippen molar-refractivity contribution in [2.45, 2.75) is 58.0 Å². The van der Waals surface area contributed by atoms with Gasteiger partial charge in [-0.3, -0.25) is 14.3 Å². The summed E-state index contributed by atoms with van der Waals surface area (Å²) in [5.41, 5.74) is 0.250. The molecule has 3 rings (SSSR count). The van der Waals surface area contributed by atoms with E-state index in [1.807, 2.05) is 13.8 Å². The van der Waals surface area contributed by atoms with Crippen LogP contribution in [0.3, 0.4) is 0 Å². The van der Waals surface area contributed by atoms with Gasteiger partial charge in [0.2, 0.25) is 0 Å². The first-order valence-corrected chi connectivity index (χ1v) is 8.28. The summed E-state index contributed by atoms with van der Waals surface area (Å²) in [6.45, 7) is 5.41. The molecule has 1 aromatic heterocycles. The molecule has 0 aromatic carbocycles. The zero-order valence-corrected chi connectivity index (χ0v) is 13.4. The minimum absolute atomic E-state index is 0.124. The summed E-state index contributed by atoms with van der Waals surface area (Å²) in [6.07, 6.45) is 4.98. The van der Waals surface area contributed by atoms with Crippen molar-refractivity contribution >= 4 is 5.82 Å². The van der Waals surface area contributed by atoms with Gasteiger partial charge in [-0.05, 0) is 51.9 Å². The molecule has 2 N–H and O–H groups in total. The average Bonchev–Trinajstić information content (AvgIpc) is 2.47. The minimum Gasteiger partial charge on any atom is -0.381 e. The molecule has 6 heteroatoms. The molecule has 6 nitrogen and oxygen atoms in total. The van der Waals surface area contributed by atoms with Crippen molar-refractivity contribution in [3.05, 3.63) is 26.4 Å². The van der Waals surface area contributed by atoms with Crippen LogP contribution in [-0.4, -0.2) is 28.8 Å². The Morgan fingerprint density at radius 3 is 2.64 bits per heavy atom. The standard InChI is InChI=1S/C16H25N3O3/c1-10(2)19-15(20)13-4-3-12(17-14(13)18-16(19)21)9-11-5-7-22-8-6-11/h10-12,17H,3-9H2,1-2H3,(H,18,21)/t12-/m1/s1. The number of nitrogens with one attached hydrogen (secondary N) is 2. The lowest BCUT2D eigenvalue weighted by Crippen LogP contribution is -2.42. The summed E-state index contributed by atoms with van der Waals surface area (Å²) in [4.78, 5) is 27.4. The number of aromatic amines is 1. The van der Waals surface area contributed by atoms with Crippen LogP contribution in [0.4, 0.5) is 5.82 Å². The largest absolute Gasteiger partial charge is 0.381 e. The van der Waals surface area contributed by atoms with E-state index >= 15 is 0 Å². The van der Waals surface area contributed by atoms with Crippen LogP contribution in [0.25, 0.3) is 0 Å². The van der Waals surface area contributed by atoms with Gasteiger partial charge in [-0.1, -0.05) is 0 Å². The van der Waals surface area contributed by atoms with Crippen molar-refractivity contribution < 1.29 is 4.74 Å². The third-order valence-corrected chi connectivity index (χ3v) is 4.80. The molecule has 1 fully saturated rings. The number of H-pyrrole nitrogens is 1. The number of fused-ring (bicyclic) bond motifs is 1. The van der Waals surface area contributed by atoms with E-state index < -0.39 is 0 Å². The van der Waals surface area contributed by atoms with Gasteiger partial charge in [0.25, 0.3) is 5.56 Å². The topological polar surface area (TPSA) is 76.1 Å². The summed E-state index contributed by atoms with van der Waals surface area (Å²) in [6, 6.07) is 0.210. The first-order valence-electron chi connectivity index (χ1n) is 8.28. The Balaban J connectivity index is 1.78. The molecular formula is C16H25N3O3. The Morgan fingerprint density at radius 2 is 1.95 bits per heavy atom. The normalized spacial score (nSPS) is 22.4. The summed E-state index contributed by atoms with van der Waals surface area (Å²) >= 11 is 0. The molecule has 1 atom stereocenters. The number of ether oxygens (including phenoxy) is 1. The maximum absolute atomic E-state index is 12.5. The predicted molar refractivity (Wildman–Crippen MR) is 85.6 cm³/mol. The number of nitrogens with zero attached hydrogens (tertiary/aromatic N) is 1.